The highest BCUT2D eigenvalue weighted by atomic mass is 16.6. The summed E-state index contributed by atoms with van der Waals surface area (Å²) in [6.07, 6.45) is 6.15. The second kappa shape index (κ2) is 6.61. The molecule has 6 nitrogen and oxygen atoms in total. The van der Waals surface area contributed by atoms with Crippen molar-refractivity contribution in [2.45, 2.75) is 37.9 Å². The summed E-state index contributed by atoms with van der Waals surface area (Å²) in [5.74, 6) is -1.23. The molecule has 0 aromatic carbocycles. The maximum atomic E-state index is 12.8. The van der Waals surface area contributed by atoms with Crippen LogP contribution in [0, 0.1) is 11.8 Å². The molecule has 23 heavy (non-hydrogen) atoms. The fraction of sp³-hybridized carbons (Fsp3) is 0.765. The third-order valence-electron chi connectivity index (χ3n) is 4.97. The molecular formula is C17H25NO5. The second-order valence-corrected chi connectivity index (χ2v) is 6.53. The van der Waals surface area contributed by atoms with Crippen LogP contribution in [-0.4, -0.2) is 61.9 Å². The molecule has 0 radical (unpaired) electrons. The van der Waals surface area contributed by atoms with Gasteiger partial charge in [-0.3, -0.25) is 9.59 Å². The first-order valence-corrected chi connectivity index (χ1v) is 8.44. The van der Waals surface area contributed by atoms with Gasteiger partial charge in [-0.2, -0.15) is 0 Å². The van der Waals surface area contributed by atoms with Gasteiger partial charge >= 0.3 is 5.97 Å². The summed E-state index contributed by atoms with van der Waals surface area (Å²) in [6.45, 7) is 4.22. The number of carbonyl (C=O) groups is 2. The Labute approximate surface area is 136 Å². The number of likely N-dealkylation sites (tertiary alicyclic amines) is 1. The van der Waals surface area contributed by atoms with Crippen molar-refractivity contribution in [3.63, 3.8) is 0 Å². The van der Waals surface area contributed by atoms with Crippen molar-refractivity contribution in [3.05, 3.63) is 12.2 Å². The number of hydrogen-bond acceptors (Lipinski definition) is 5. The Morgan fingerprint density at radius 1 is 1.43 bits per heavy atom. The number of hydrogen-bond donors (Lipinski definition) is 0. The van der Waals surface area contributed by atoms with Crippen molar-refractivity contribution < 1.29 is 23.8 Å². The monoisotopic (exact) mass is 323 g/mol. The fourth-order valence-corrected chi connectivity index (χ4v) is 3.85. The molecule has 3 aliphatic rings. The lowest BCUT2D eigenvalue weighted by Crippen LogP contribution is -2.40. The van der Waals surface area contributed by atoms with E-state index in [0.29, 0.717) is 26.3 Å². The van der Waals surface area contributed by atoms with E-state index in [9.17, 15) is 9.59 Å². The number of esters is 1. The van der Waals surface area contributed by atoms with Crippen molar-refractivity contribution in [2.75, 3.05) is 33.4 Å². The highest BCUT2D eigenvalue weighted by Crippen LogP contribution is 2.52. The van der Waals surface area contributed by atoms with E-state index in [1.54, 1.807) is 12.0 Å². The van der Waals surface area contributed by atoms with Crippen LogP contribution in [0.25, 0.3) is 0 Å². The molecule has 1 spiro atoms. The van der Waals surface area contributed by atoms with Gasteiger partial charge in [-0.25, -0.2) is 0 Å². The zero-order chi connectivity index (χ0) is 16.4. The van der Waals surface area contributed by atoms with Gasteiger partial charge in [-0.1, -0.05) is 25.5 Å². The van der Waals surface area contributed by atoms with E-state index in [1.807, 2.05) is 19.1 Å². The van der Waals surface area contributed by atoms with Gasteiger partial charge in [0.15, 0.2) is 0 Å². The van der Waals surface area contributed by atoms with Gasteiger partial charge in [-0.05, 0) is 12.8 Å². The van der Waals surface area contributed by atoms with Crippen LogP contribution < -0.4 is 0 Å². The summed E-state index contributed by atoms with van der Waals surface area (Å²) in [4.78, 5) is 27.0. The molecule has 0 aromatic rings. The molecule has 4 atom stereocenters. The van der Waals surface area contributed by atoms with Crippen LogP contribution in [0.1, 0.15) is 26.2 Å². The van der Waals surface area contributed by atoms with Gasteiger partial charge in [0.05, 0.1) is 25.2 Å². The number of carbonyl (C=O) groups excluding carboxylic acids is 2. The highest BCUT2D eigenvalue weighted by Gasteiger charge is 2.67. The van der Waals surface area contributed by atoms with Crippen LogP contribution in [0.15, 0.2) is 12.2 Å². The summed E-state index contributed by atoms with van der Waals surface area (Å²) in [5, 5.41) is 0. The van der Waals surface area contributed by atoms with Crippen LogP contribution in [0.4, 0.5) is 0 Å². The van der Waals surface area contributed by atoms with E-state index in [1.165, 1.54) is 0 Å². The van der Waals surface area contributed by atoms with E-state index in [2.05, 4.69) is 0 Å². The molecule has 1 amide bonds. The normalized spacial score (nSPS) is 34.3. The molecule has 0 aliphatic carbocycles. The summed E-state index contributed by atoms with van der Waals surface area (Å²) >= 11 is 0. The van der Waals surface area contributed by atoms with Crippen molar-refractivity contribution in [3.8, 4) is 0 Å². The van der Waals surface area contributed by atoms with E-state index < -0.39 is 17.4 Å². The zero-order valence-corrected chi connectivity index (χ0v) is 13.8. The van der Waals surface area contributed by atoms with Gasteiger partial charge in [-0.15, -0.1) is 0 Å². The van der Waals surface area contributed by atoms with Gasteiger partial charge in [0.25, 0.3) is 0 Å². The predicted octanol–water partition coefficient (Wildman–Crippen LogP) is 1.15. The number of nitrogens with zero attached hydrogens (tertiary/aromatic N) is 1. The molecule has 3 heterocycles. The Kier molecular flexibility index (Phi) is 4.73. The molecule has 3 rings (SSSR count). The molecule has 2 saturated heterocycles. The minimum absolute atomic E-state index is 0.00499. The summed E-state index contributed by atoms with van der Waals surface area (Å²) in [5.41, 5.74) is -0.636. The van der Waals surface area contributed by atoms with Crippen LogP contribution in [0.2, 0.25) is 0 Å². The average molecular weight is 323 g/mol. The van der Waals surface area contributed by atoms with E-state index in [0.717, 1.165) is 19.3 Å². The van der Waals surface area contributed by atoms with Crippen molar-refractivity contribution in [1.29, 1.82) is 0 Å². The first-order chi connectivity index (χ1) is 11.1. The third kappa shape index (κ3) is 2.78. The molecule has 2 bridgehead atoms. The summed E-state index contributed by atoms with van der Waals surface area (Å²) in [7, 11) is 1.65. The number of ether oxygens (including phenoxy) is 3. The van der Waals surface area contributed by atoms with Crippen LogP contribution in [0.3, 0.4) is 0 Å². The van der Waals surface area contributed by atoms with Crippen molar-refractivity contribution in [2.24, 2.45) is 11.8 Å². The van der Waals surface area contributed by atoms with Crippen molar-refractivity contribution in [1.82, 2.24) is 4.90 Å². The van der Waals surface area contributed by atoms with E-state index in [-0.39, 0.29) is 18.0 Å². The second-order valence-electron chi connectivity index (χ2n) is 6.53. The van der Waals surface area contributed by atoms with E-state index in [4.69, 9.17) is 14.2 Å². The lowest BCUT2D eigenvalue weighted by Gasteiger charge is -2.22. The van der Waals surface area contributed by atoms with Gasteiger partial charge in [0.1, 0.15) is 11.5 Å². The Hall–Kier alpha value is -1.40. The lowest BCUT2D eigenvalue weighted by molar-refractivity contribution is -0.153. The topological polar surface area (TPSA) is 65.1 Å². The third-order valence-corrected chi connectivity index (χ3v) is 4.97. The summed E-state index contributed by atoms with van der Waals surface area (Å²) in [6, 6.07) is 0. The zero-order valence-electron chi connectivity index (χ0n) is 13.8. The molecule has 1 unspecified atom stereocenters. The number of rotatable bonds is 8. The number of unbranched alkanes of at least 4 members (excludes halogenated alkanes) is 1. The maximum Gasteiger partial charge on any atom is 0.312 e. The molecule has 0 aromatic heterocycles. The molecule has 3 aliphatic heterocycles. The van der Waals surface area contributed by atoms with Crippen LogP contribution in [-0.2, 0) is 23.8 Å². The maximum absolute atomic E-state index is 12.8. The Morgan fingerprint density at radius 2 is 2.26 bits per heavy atom. The minimum Gasteiger partial charge on any atom is -0.465 e. The first kappa shape index (κ1) is 16.5. The van der Waals surface area contributed by atoms with Gasteiger partial charge in [0.2, 0.25) is 5.91 Å². The Morgan fingerprint density at radius 3 is 3.00 bits per heavy atom. The molecular weight excluding hydrogens is 298 g/mol. The van der Waals surface area contributed by atoms with Gasteiger partial charge in [0, 0.05) is 20.3 Å². The standard InChI is InChI=1S/C17H25NO5/c1-3-4-10-22-16(20)13-12-6-7-17(23-12)11-18(8-5-9-21-2)15(19)14(13)17/h6-7,12-14H,3-5,8-11H2,1-2H3/t12-,13?,14-,17+/m0/s1. The predicted molar refractivity (Wildman–Crippen MR) is 82.7 cm³/mol. The number of methoxy groups -OCH3 is 1. The van der Waals surface area contributed by atoms with Crippen molar-refractivity contribution >= 4 is 11.9 Å². The smallest absolute Gasteiger partial charge is 0.312 e. The number of fused-ring (bicyclic) bond motifs is 1. The largest absolute Gasteiger partial charge is 0.465 e. The quantitative estimate of drug-likeness (QED) is 0.381. The molecule has 0 N–H and O–H groups in total. The minimum atomic E-state index is -0.636. The lowest BCUT2D eigenvalue weighted by atomic mass is 9.77. The molecule has 128 valence electrons. The summed E-state index contributed by atoms with van der Waals surface area (Å²) < 4.78 is 16.4. The van der Waals surface area contributed by atoms with Gasteiger partial charge < -0.3 is 19.1 Å². The molecule has 0 saturated carbocycles. The Balaban J connectivity index is 1.69. The first-order valence-electron chi connectivity index (χ1n) is 8.44. The Bertz CT molecular complexity index is 505. The van der Waals surface area contributed by atoms with Crippen LogP contribution in [0.5, 0.6) is 0 Å². The molecule has 2 fully saturated rings. The van der Waals surface area contributed by atoms with E-state index >= 15 is 0 Å². The highest BCUT2D eigenvalue weighted by molar-refractivity contribution is 5.91. The number of amides is 1. The average Bonchev–Trinajstić information content (AvgIpc) is 3.16. The SMILES string of the molecule is CCCCOC(=O)C1[C@@H]2C=C[C@]3(CN(CCCOC)C(=O)[C@H]13)O2. The fourth-order valence-electron chi connectivity index (χ4n) is 3.85. The molecule has 6 heteroatoms. The van der Waals surface area contributed by atoms with Crippen LogP contribution >= 0.6 is 0 Å².